The summed E-state index contributed by atoms with van der Waals surface area (Å²) in [5.74, 6) is 3.44. The summed E-state index contributed by atoms with van der Waals surface area (Å²) >= 11 is 5.36. The number of unbranched alkanes of at least 4 members (excludes halogenated alkanes) is 1. The van der Waals surface area contributed by atoms with Crippen molar-refractivity contribution < 1.29 is 4.79 Å². The van der Waals surface area contributed by atoms with E-state index < -0.39 is 0 Å². The predicted molar refractivity (Wildman–Crippen MR) is 66.1 cm³/mol. The van der Waals surface area contributed by atoms with Crippen molar-refractivity contribution in [2.45, 2.75) is 25.7 Å². The Morgan fingerprint density at radius 1 is 1.50 bits per heavy atom. The molecule has 1 fully saturated rings. The van der Waals surface area contributed by atoms with E-state index >= 15 is 0 Å². The molecule has 82 valence electrons. The van der Waals surface area contributed by atoms with Crippen molar-refractivity contribution in [3.63, 3.8) is 0 Å². The van der Waals surface area contributed by atoms with E-state index in [0.717, 1.165) is 30.6 Å². The number of carbonyl (C=O) groups excluding carboxylic acids is 1. The summed E-state index contributed by atoms with van der Waals surface area (Å²) in [6.45, 7) is 0.889. The van der Waals surface area contributed by atoms with Gasteiger partial charge in [-0.15, -0.1) is 0 Å². The van der Waals surface area contributed by atoms with Crippen LogP contribution in [0.5, 0.6) is 0 Å². The lowest BCUT2D eigenvalue weighted by atomic mass is 10.1. The standard InChI is InChI=1S/C10H18BrNOS/c11-5-2-1-3-10(13)12-7-9-4-6-14-8-9/h9H,1-8H2,(H,12,13). The summed E-state index contributed by atoms with van der Waals surface area (Å²) in [6, 6.07) is 0. The van der Waals surface area contributed by atoms with Gasteiger partial charge >= 0.3 is 0 Å². The highest BCUT2D eigenvalue weighted by Crippen LogP contribution is 2.22. The Labute approximate surface area is 98.7 Å². The monoisotopic (exact) mass is 279 g/mol. The number of amides is 1. The van der Waals surface area contributed by atoms with Crippen LogP contribution < -0.4 is 5.32 Å². The van der Waals surface area contributed by atoms with Crippen LogP contribution in [0.4, 0.5) is 0 Å². The number of halogens is 1. The molecule has 1 atom stereocenters. The van der Waals surface area contributed by atoms with Crippen LogP contribution in [0, 0.1) is 5.92 Å². The van der Waals surface area contributed by atoms with Gasteiger partial charge in [-0.25, -0.2) is 0 Å². The number of nitrogens with one attached hydrogen (secondary N) is 1. The van der Waals surface area contributed by atoms with Crippen LogP contribution in [0.2, 0.25) is 0 Å². The van der Waals surface area contributed by atoms with Crippen molar-refractivity contribution in [2.24, 2.45) is 5.92 Å². The molecule has 1 aliphatic rings. The summed E-state index contributed by atoms with van der Waals surface area (Å²) in [6.07, 6.45) is 4.04. The van der Waals surface area contributed by atoms with Gasteiger partial charge in [-0.3, -0.25) is 4.79 Å². The van der Waals surface area contributed by atoms with Crippen LogP contribution in [0.15, 0.2) is 0 Å². The maximum Gasteiger partial charge on any atom is 0.220 e. The minimum atomic E-state index is 0.225. The van der Waals surface area contributed by atoms with E-state index in [1.54, 1.807) is 0 Å². The Morgan fingerprint density at radius 3 is 3.00 bits per heavy atom. The molecule has 0 aromatic carbocycles. The molecule has 1 unspecified atom stereocenters. The van der Waals surface area contributed by atoms with Gasteiger partial charge in [-0.2, -0.15) is 11.8 Å². The molecule has 1 rings (SSSR count). The zero-order valence-corrected chi connectivity index (χ0v) is 10.8. The van der Waals surface area contributed by atoms with Crippen LogP contribution in [0.3, 0.4) is 0 Å². The molecule has 1 saturated heterocycles. The lowest BCUT2D eigenvalue weighted by Gasteiger charge is -2.09. The molecular formula is C10H18BrNOS. The van der Waals surface area contributed by atoms with E-state index in [-0.39, 0.29) is 5.91 Å². The Morgan fingerprint density at radius 2 is 2.36 bits per heavy atom. The smallest absolute Gasteiger partial charge is 0.220 e. The van der Waals surface area contributed by atoms with Gasteiger partial charge in [0.15, 0.2) is 0 Å². The third-order valence-electron chi connectivity index (χ3n) is 2.40. The minimum absolute atomic E-state index is 0.225. The lowest BCUT2D eigenvalue weighted by molar-refractivity contribution is -0.121. The topological polar surface area (TPSA) is 29.1 Å². The van der Waals surface area contributed by atoms with Crippen LogP contribution >= 0.6 is 27.7 Å². The van der Waals surface area contributed by atoms with Crippen molar-refractivity contribution in [2.75, 3.05) is 23.4 Å². The Bertz CT molecular complexity index is 172. The van der Waals surface area contributed by atoms with Crippen LogP contribution in [0.1, 0.15) is 25.7 Å². The minimum Gasteiger partial charge on any atom is -0.356 e. The van der Waals surface area contributed by atoms with Gasteiger partial charge in [0, 0.05) is 18.3 Å². The molecule has 1 aliphatic heterocycles. The number of hydrogen-bond acceptors (Lipinski definition) is 2. The van der Waals surface area contributed by atoms with Crippen molar-refractivity contribution in [3.05, 3.63) is 0 Å². The van der Waals surface area contributed by atoms with Gasteiger partial charge in [0.2, 0.25) is 5.91 Å². The van der Waals surface area contributed by atoms with Gasteiger partial charge in [0.25, 0.3) is 0 Å². The first-order valence-electron chi connectivity index (χ1n) is 5.23. The molecule has 1 N–H and O–H groups in total. The molecule has 0 aliphatic carbocycles. The molecule has 0 saturated carbocycles. The fourth-order valence-electron chi connectivity index (χ4n) is 1.47. The highest BCUT2D eigenvalue weighted by Gasteiger charge is 2.15. The maximum absolute atomic E-state index is 11.3. The molecule has 14 heavy (non-hydrogen) atoms. The second-order valence-electron chi connectivity index (χ2n) is 3.68. The second kappa shape index (κ2) is 7.57. The maximum atomic E-state index is 11.3. The molecule has 2 nitrogen and oxygen atoms in total. The second-order valence-corrected chi connectivity index (χ2v) is 5.62. The largest absolute Gasteiger partial charge is 0.356 e. The van der Waals surface area contributed by atoms with E-state index in [1.807, 2.05) is 11.8 Å². The molecule has 4 heteroatoms. The Hall–Kier alpha value is 0.300. The van der Waals surface area contributed by atoms with Gasteiger partial charge in [0.1, 0.15) is 0 Å². The molecule has 1 amide bonds. The van der Waals surface area contributed by atoms with Gasteiger partial charge < -0.3 is 5.32 Å². The van der Waals surface area contributed by atoms with Crippen LogP contribution in [-0.4, -0.2) is 29.3 Å². The van der Waals surface area contributed by atoms with Crippen molar-refractivity contribution in [3.8, 4) is 0 Å². The number of carbonyl (C=O) groups is 1. The van der Waals surface area contributed by atoms with E-state index in [4.69, 9.17) is 0 Å². The van der Waals surface area contributed by atoms with E-state index in [0.29, 0.717) is 6.42 Å². The van der Waals surface area contributed by atoms with E-state index in [2.05, 4.69) is 21.2 Å². The fourth-order valence-corrected chi connectivity index (χ4v) is 3.15. The molecule has 0 aromatic heterocycles. The normalized spacial score (nSPS) is 21.1. The first-order valence-corrected chi connectivity index (χ1v) is 7.51. The summed E-state index contributed by atoms with van der Waals surface area (Å²) in [5, 5.41) is 4.02. The molecular weight excluding hydrogens is 262 g/mol. The van der Waals surface area contributed by atoms with Crippen LogP contribution in [-0.2, 0) is 4.79 Å². The summed E-state index contributed by atoms with van der Waals surface area (Å²) < 4.78 is 0. The average molecular weight is 280 g/mol. The number of thioether (sulfide) groups is 1. The summed E-state index contributed by atoms with van der Waals surface area (Å²) in [5.41, 5.74) is 0. The quantitative estimate of drug-likeness (QED) is 0.598. The molecule has 1 heterocycles. The van der Waals surface area contributed by atoms with Crippen molar-refractivity contribution in [1.82, 2.24) is 5.32 Å². The number of alkyl halides is 1. The van der Waals surface area contributed by atoms with Crippen LogP contribution in [0.25, 0.3) is 0 Å². The van der Waals surface area contributed by atoms with E-state index in [9.17, 15) is 4.79 Å². The number of rotatable bonds is 6. The molecule has 0 bridgehead atoms. The zero-order valence-electron chi connectivity index (χ0n) is 8.43. The highest BCUT2D eigenvalue weighted by molar-refractivity contribution is 9.09. The van der Waals surface area contributed by atoms with Crippen molar-refractivity contribution >= 4 is 33.6 Å². The molecule has 0 radical (unpaired) electrons. The third-order valence-corrected chi connectivity index (χ3v) is 4.19. The van der Waals surface area contributed by atoms with Gasteiger partial charge in [-0.05, 0) is 36.7 Å². The number of hydrogen-bond donors (Lipinski definition) is 1. The summed E-state index contributed by atoms with van der Waals surface area (Å²) in [4.78, 5) is 11.3. The predicted octanol–water partition coefficient (Wildman–Crippen LogP) is 2.42. The summed E-state index contributed by atoms with van der Waals surface area (Å²) in [7, 11) is 0. The first-order chi connectivity index (χ1) is 6.83. The highest BCUT2D eigenvalue weighted by atomic mass is 79.9. The average Bonchev–Trinajstić information content (AvgIpc) is 2.68. The van der Waals surface area contributed by atoms with Crippen molar-refractivity contribution in [1.29, 1.82) is 0 Å². The van der Waals surface area contributed by atoms with Gasteiger partial charge in [0.05, 0.1) is 0 Å². The fraction of sp³-hybridized carbons (Fsp3) is 0.900. The van der Waals surface area contributed by atoms with E-state index in [1.165, 1.54) is 17.9 Å². The Balaban J connectivity index is 1.96. The zero-order chi connectivity index (χ0) is 10.2. The Kier molecular flexibility index (Phi) is 6.69. The SMILES string of the molecule is O=C(CCCCBr)NCC1CCSC1. The molecule has 0 spiro atoms. The van der Waals surface area contributed by atoms with Gasteiger partial charge in [-0.1, -0.05) is 15.9 Å². The first kappa shape index (κ1) is 12.4. The third kappa shape index (κ3) is 5.25. The molecule has 0 aromatic rings. The lowest BCUT2D eigenvalue weighted by Crippen LogP contribution is -2.28.